The average Bonchev–Trinajstić information content (AvgIpc) is 2.38. The average molecular weight is 360 g/mol. The summed E-state index contributed by atoms with van der Waals surface area (Å²) in [6.45, 7) is 0. The Kier molecular flexibility index (Phi) is 6.04. The van der Waals surface area contributed by atoms with E-state index in [9.17, 15) is 18.8 Å². The predicted molar refractivity (Wildman–Crippen MR) is 75.0 cm³/mol. The van der Waals surface area contributed by atoms with Gasteiger partial charge in [0.05, 0.1) is 6.42 Å². The minimum absolute atomic E-state index is 0.129. The van der Waals surface area contributed by atoms with Crippen molar-refractivity contribution in [1.29, 1.82) is 0 Å². The third kappa shape index (κ3) is 5.74. The second kappa shape index (κ2) is 7.53. The van der Waals surface area contributed by atoms with Crippen molar-refractivity contribution in [3.8, 4) is 0 Å². The zero-order valence-electron chi connectivity index (χ0n) is 10.5. The Bertz CT molecular complexity index is 602. The summed E-state index contributed by atoms with van der Waals surface area (Å²) in [5, 5.41) is 19.3. The molecule has 3 N–H and O–H groups in total. The van der Waals surface area contributed by atoms with Gasteiger partial charge in [-0.2, -0.15) is 0 Å². The third-order valence-electron chi connectivity index (χ3n) is 2.37. The molecule has 0 bridgehead atoms. The van der Waals surface area contributed by atoms with E-state index in [0.717, 1.165) is 12.2 Å². The van der Waals surface area contributed by atoms with Crippen LogP contribution in [0.1, 0.15) is 12.0 Å². The molecular weight excluding hydrogens is 349 g/mol. The minimum Gasteiger partial charge on any atom is -0.481 e. The topological polar surface area (TPSA) is 104 Å². The molecular formula is C13H11BrFNO5. The Morgan fingerprint density at radius 1 is 1.33 bits per heavy atom. The van der Waals surface area contributed by atoms with Crippen molar-refractivity contribution >= 4 is 39.9 Å². The molecule has 8 heteroatoms. The molecule has 112 valence electrons. The van der Waals surface area contributed by atoms with Gasteiger partial charge in [0, 0.05) is 16.1 Å². The lowest BCUT2D eigenvalue weighted by molar-refractivity contribution is -0.146. The standard InChI is InChI=1S/C13H11BrFNO5/c14-8-2-3-9(15)7(5-8)1-4-11(17)16-10(13(20)21)6-12(18)19/h1-5,10H,6H2,(H,16,17)(H,18,19)(H,20,21)/b4-1+. The second-order valence-electron chi connectivity index (χ2n) is 4.00. The molecule has 21 heavy (non-hydrogen) atoms. The van der Waals surface area contributed by atoms with Gasteiger partial charge >= 0.3 is 11.9 Å². The van der Waals surface area contributed by atoms with Crippen LogP contribution >= 0.6 is 15.9 Å². The van der Waals surface area contributed by atoms with Gasteiger partial charge in [-0.05, 0) is 24.3 Å². The van der Waals surface area contributed by atoms with E-state index in [-0.39, 0.29) is 5.56 Å². The van der Waals surface area contributed by atoms with Gasteiger partial charge in [0.25, 0.3) is 0 Å². The van der Waals surface area contributed by atoms with Gasteiger partial charge in [0.15, 0.2) is 0 Å². The van der Waals surface area contributed by atoms with Crippen molar-refractivity contribution in [3.63, 3.8) is 0 Å². The monoisotopic (exact) mass is 359 g/mol. The summed E-state index contributed by atoms with van der Waals surface area (Å²) < 4.78 is 14.0. The fourth-order valence-electron chi connectivity index (χ4n) is 1.40. The molecule has 1 rings (SSSR count). The van der Waals surface area contributed by atoms with E-state index in [4.69, 9.17) is 10.2 Å². The van der Waals surface area contributed by atoms with Crippen LogP contribution in [0.3, 0.4) is 0 Å². The zero-order valence-corrected chi connectivity index (χ0v) is 12.1. The maximum atomic E-state index is 13.4. The van der Waals surface area contributed by atoms with Crippen LogP contribution in [-0.4, -0.2) is 34.1 Å². The Hall–Kier alpha value is -2.22. The smallest absolute Gasteiger partial charge is 0.326 e. The summed E-state index contributed by atoms with van der Waals surface area (Å²) in [7, 11) is 0. The summed E-state index contributed by atoms with van der Waals surface area (Å²) in [4.78, 5) is 32.8. The van der Waals surface area contributed by atoms with Gasteiger partial charge < -0.3 is 15.5 Å². The summed E-state index contributed by atoms with van der Waals surface area (Å²) in [6, 6.07) is 2.57. The highest BCUT2D eigenvalue weighted by Crippen LogP contribution is 2.16. The van der Waals surface area contributed by atoms with Gasteiger partial charge in [-0.3, -0.25) is 9.59 Å². The molecule has 0 spiro atoms. The van der Waals surface area contributed by atoms with Gasteiger partial charge in [0.2, 0.25) is 5.91 Å². The minimum atomic E-state index is -1.55. The number of aliphatic carboxylic acids is 2. The number of nitrogens with one attached hydrogen (secondary N) is 1. The first-order chi connectivity index (χ1) is 9.79. The predicted octanol–water partition coefficient (Wildman–Crippen LogP) is 1.65. The van der Waals surface area contributed by atoms with E-state index in [1.807, 2.05) is 5.32 Å². The highest BCUT2D eigenvalue weighted by Gasteiger charge is 2.21. The molecule has 0 heterocycles. The van der Waals surface area contributed by atoms with Gasteiger partial charge in [-0.1, -0.05) is 15.9 Å². The normalized spacial score (nSPS) is 12.1. The molecule has 1 amide bonds. The molecule has 1 atom stereocenters. The number of hydrogen-bond acceptors (Lipinski definition) is 3. The Morgan fingerprint density at radius 3 is 2.57 bits per heavy atom. The van der Waals surface area contributed by atoms with Crippen LogP contribution in [0.4, 0.5) is 4.39 Å². The summed E-state index contributed by atoms with van der Waals surface area (Å²) in [6.07, 6.45) is 1.35. The maximum Gasteiger partial charge on any atom is 0.326 e. The Labute approximate surface area is 127 Å². The van der Waals surface area contributed by atoms with E-state index in [2.05, 4.69) is 15.9 Å². The van der Waals surface area contributed by atoms with Crippen molar-refractivity contribution < 1.29 is 29.0 Å². The molecule has 1 aromatic carbocycles. The number of carbonyl (C=O) groups excluding carboxylic acids is 1. The summed E-state index contributed by atoms with van der Waals surface area (Å²) >= 11 is 3.15. The zero-order chi connectivity index (χ0) is 16.0. The summed E-state index contributed by atoms with van der Waals surface area (Å²) in [5.74, 6) is -4.21. The lowest BCUT2D eigenvalue weighted by Gasteiger charge is -2.10. The van der Waals surface area contributed by atoms with Crippen molar-refractivity contribution in [2.45, 2.75) is 12.5 Å². The number of rotatable bonds is 6. The first-order valence-corrected chi connectivity index (χ1v) is 6.47. The lowest BCUT2D eigenvalue weighted by Crippen LogP contribution is -2.41. The molecule has 1 aromatic rings. The Morgan fingerprint density at radius 2 is 2.00 bits per heavy atom. The fraction of sp³-hybridized carbons (Fsp3) is 0.154. The van der Waals surface area contributed by atoms with Crippen LogP contribution in [0.5, 0.6) is 0 Å². The van der Waals surface area contributed by atoms with Gasteiger partial charge in [-0.25, -0.2) is 9.18 Å². The molecule has 1 unspecified atom stereocenters. The maximum absolute atomic E-state index is 13.4. The van der Waals surface area contributed by atoms with Crippen molar-refractivity contribution in [2.24, 2.45) is 0 Å². The first-order valence-electron chi connectivity index (χ1n) is 5.68. The van der Waals surface area contributed by atoms with E-state index in [1.165, 1.54) is 18.2 Å². The number of carbonyl (C=O) groups is 3. The number of halogens is 2. The van der Waals surface area contributed by atoms with Crippen molar-refractivity contribution in [1.82, 2.24) is 5.32 Å². The SMILES string of the molecule is O=C(O)CC(NC(=O)/C=C/c1cc(Br)ccc1F)C(=O)O. The number of carboxylic acids is 2. The van der Waals surface area contributed by atoms with Crippen LogP contribution < -0.4 is 5.32 Å². The van der Waals surface area contributed by atoms with Gasteiger partial charge in [0.1, 0.15) is 11.9 Å². The first kappa shape index (κ1) is 16.8. The summed E-state index contributed by atoms with van der Waals surface area (Å²) in [5.41, 5.74) is 0.129. The highest BCUT2D eigenvalue weighted by molar-refractivity contribution is 9.10. The van der Waals surface area contributed by atoms with Crippen LogP contribution in [0, 0.1) is 5.82 Å². The van der Waals surface area contributed by atoms with E-state index < -0.39 is 36.1 Å². The molecule has 0 saturated carbocycles. The van der Waals surface area contributed by atoms with Crippen molar-refractivity contribution in [2.75, 3.05) is 0 Å². The van der Waals surface area contributed by atoms with Crippen LogP contribution in [0.25, 0.3) is 6.08 Å². The molecule has 0 radical (unpaired) electrons. The molecule has 6 nitrogen and oxygen atoms in total. The molecule has 0 aliphatic rings. The molecule has 0 saturated heterocycles. The lowest BCUT2D eigenvalue weighted by atomic mass is 10.2. The van der Waals surface area contributed by atoms with Crippen LogP contribution in [0.2, 0.25) is 0 Å². The molecule has 0 aliphatic heterocycles. The second-order valence-corrected chi connectivity index (χ2v) is 4.91. The number of benzene rings is 1. The third-order valence-corrected chi connectivity index (χ3v) is 2.86. The quantitative estimate of drug-likeness (QED) is 0.670. The molecule has 0 aromatic heterocycles. The largest absolute Gasteiger partial charge is 0.481 e. The Balaban J connectivity index is 2.75. The molecule has 0 aliphatic carbocycles. The van der Waals surface area contributed by atoms with Crippen LogP contribution in [-0.2, 0) is 14.4 Å². The fourth-order valence-corrected chi connectivity index (χ4v) is 1.78. The van der Waals surface area contributed by atoms with Crippen molar-refractivity contribution in [3.05, 3.63) is 40.1 Å². The number of hydrogen-bond donors (Lipinski definition) is 3. The van der Waals surface area contributed by atoms with Crippen LogP contribution in [0.15, 0.2) is 28.7 Å². The van der Waals surface area contributed by atoms with E-state index in [0.29, 0.717) is 4.47 Å². The highest BCUT2D eigenvalue weighted by atomic mass is 79.9. The molecule has 0 fully saturated rings. The van der Waals surface area contributed by atoms with E-state index in [1.54, 1.807) is 0 Å². The number of amides is 1. The van der Waals surface area contributed by atoms with E-state index >= 15 is 0 Å². The number of carboxylic acid groups (broad SMARTS) is 2. The van der Waals surface area contributed by atoms with Gasteiger partial charge in [-0.15, -0.1) is 0 Å².